The summed E-state index contributed by atoms with van der Waals surface area (Å²) in [4.78, 5) is 28.6. The molecule has 2 fully saturated rings. The number of aryl methyl sites for hydroxylation is 1. The van der Waals surface area contributed by atoms with Crippen LogP contribution in [0.15, 0.2) is 35.3 Å². The first-order valence-electron chi connectivity index (χ1n) is 11.2. The van der Waals surface area contributed by atoms with Gasteiger partial charge in [-0.3, -0.25) is 14.3 Å². The van der Waals surface area contributed by atoms with E-state index in [0.717, 1.165) is 53.4 Å². The van der Waals surface area contributed by atoms with E-state index in [1.165, 1.54) is 0 Å². The molecule has 0 saturated carbocycles. The van der Waals surface area contributed by atoms with Crippen molar-refractivity contribution in [3.05, 3.63) is 51.5 Å². The third kappa shape index (κ3) is 3.17. The molecular formula is C24H26Cl2N6O. The van der Waals surface area contributed by atoms with E-state index in [1.54, 1.807) is 11.6 Å². The highest BCUT2D eigenvalue weighted by Gasteiger charge is 2.46. The lowest BCUT2D eigenvalue weighted by Crippen LogP contribution is -2.40. The molecule has 0 amide bonds. The van der Waals surface area contributed by atoms with Crippen LogP contribution in [0, 0.1) is 0 Å². The zero-order valence-corrected chi connectivity index (χ0v) is 20.1. The summed E-state index contributed by atoms with van der Waals surface area (Å²) in [5.74, 6) is 0.690. The lowest BCUT2D eigenvalue weighted by molar-refractivity contribution is 0.503. The highest BCUT2D eigenvalue weighted by atomic mass is 35.5. The van der Waals surface area contributed by atoms with Gasteiger partial charge in [0.1, 0.15) is 5.65 Å². The van der Waals surface area contributed by atoms with Gasteiger partial charge in [0.2, 0.25) is 5.95 Å². The third-order valence-electron chi connectivity index (χ3n) is 7.22. The van der Waals surface area contributed by atoms with Gasteiger partial charge in [0.15, 0.2) is 0 Å². The fraction of sp³-hybridized carbons (Fsp3) is 0.375. The van der Waals surface area contributed by atoms with Crippen molar-refractivity contribution >= 4 is 51.9 Å². The molecule has 2 bridgehead atoms. The zero-order valence-electron chi connectivity index (χ0n) is 18.5. The van der Waals surface area contributed by atoms with Crippen molar-refractivity contribution in [2.24, 2.45) is 12.8 Å². The summed E-state index contributed by atoms with van der Waals surface area (Å²) in [6, 6.07) is 8.74. The Bertz CT molecular complexity index is 1440. The number of H-pyrrole nitrogens is 1. The van der Waals surface area contributed by atoms with Crippen LogP contribution < -0.4 is 16.2 Å². The van der Waals surface area contributed by atoms with Gasteiger partial charge in [-0.25, -0.2) is 0 Å². The molecule has 33 heavy (non-hydrogen) atoms. The fourth-order valence-electron chi connectivity index (χ4n) is 5.54. The molecule has 0 spiro atoms. The quantitative estimate of drug-likeness (QED) is 0.454. The van der Waals surface area contributed by atoms with E-state index in [1.807, 2.05) is 30.5 Å². The van der Waals surface area contributed by atoms with Crippen molar-refractivity contribution in [3.63, 3.8) is 0 Å². The van der Waals surface area contributed by atoms with Crippen molar-refractivity contribution in [2.45, 2.75) is 50.7 Å². The summed E-state index contributed by atoms with van der Waals surface area (Å²) in [6.45, 7) is 2.07. The number of benzene rings is 1. The molecule has 5 heterocycles. The number of halogens is 2. The van der Waals surface area contributed by atoms with Crippen molar-refractivity contribution in [3.8, 4) is 11.1 Å². The van der Waals surface area contributed by atoms with Gasteiger partial charge in [0, 0.05) is 53.6 Å². The Kier molecular flexibility index (Phi) is 5.39. The number of anilines is 1. The molecule has 3 N–H and O–H groups in total. The van der Waals surface area contributed by atoms with Gasteiger partial charge in [0.05, 0.1) is 15.9 Å². The highest BCUT2D eigenvalue weighted by molar-refractivity contribution is 6.38. The number of nitrogens with one attached hydrogen (secondary N) is 1. The average molecular weight is 485 g/mol. The number of nitrogens with two attached hydrogens (primary N) is 1. The highest BCUT2D eigenvalue weighted by Crippen LogP contribution is 2.40. The molecule has 9 heteroatoms. The summed E-state index contributed by atoms with van der Waals surface area (Å²) >= 11 is 6.82. The average Bonchev–Trinajstić information content (AvgIpc) is 3.48. The van der Waals surface area contributed by atoms with Crippen LogP contribution in [0.2, 0.25) is 5.02 Å². The number of aromatic amines is 1. The summed E-state index contributed by atoms with van der Waals surface area (Å²) in [7, 11) is 1.79. The predicted molar refractivity (Wildman–Crippen MR) is 136 cm³/mol. The maximum atomic E-state index is 13.5. The second kappa shape index (κ2) is 8.01. The molecule has 0 unspecified atom stereocenters. The molecule has 2 aliphatic heterocycles. The number of aromatic nitrogens is 4. The summed E-state index contributed by atoms with van der Waals surface area (Å²) in [5, 5.41) is 2.07. The largest absolute Gasteiger partial charge is 0.345 e. The normalized spacial score (nSPS) is 21.8. The first-order valence-corrected chi connectivity index (χ1v) is 11.6. The Morgan fingerprint density at radius 3 is 2.67 bits per heavy atom. The molecule has 2 aliphatic rings. The van der Waals surface area contributed by atoms with Gasteiger partial charge in [-0.1, -0.05) is 36.7 Å². The Morgan fingerprint density at radius 2 is 1.97 bits per heavy atom. The van der Waals surface area contributed by atoms with Gasteiger partial charge in [-0.15, -0.1) is 12.4 Å². The second-order valence-electron chi connectivity index (χ2n) is 8.96. The van der Waals surface area contributed by atoms with Crippen molar-refractivity contribution in [2.75, 3.05) is 4.90 Å². The topological polar surface area (TPSA) is 92.8 Å². The van der Waals surface area contributed by atoms with Gasteiger partial charge in [0.25, 0.3) is 5.56 Å². The molecule has 0 radical (unpaired) electrons. The van der Waals surface area contributed by atoms with Gasteiger partial charge < -0.3 is 15.6 Å². The second-order valence-corrected chi connectivity index (χ2v) is 9.34. The van der Waals surface area contributed by atoms with E-state index in [2.05, 4.69) is 16.8 Å². The van der Waals surface area contributed by atoms with Crippen LogP contribution >= 0.6 is 24.0 Å². The smallest absolute Gasteiger partial charge is 0.264 e. The third-order valence-corrected chi connectivity index (χ3v) is 7.60. The van der Waals surface area contributed by atoms with Crippen LogP contribution in [-0.4, -0.2) is 37.6 Å². The number of nitrogens with zero attached hydrogens (tertiary/aromatic N) is 4. The molecule has 3 atom stereocenters. The molecule has 4 aromatic rings. The zero-order chi connectivity index (χ0) is 22.1. The van der Waals surface area contributed by atoms with Crippen LogP contribution in [0.1, 0.15) is 31.9 Å². The number of hydrogen-bond donors (Lipinski definition) is 2. The van der Waals surface area contributed by atoms with Crippen LogP contribution in [-0.2, 0) is 13.5 Å². The molecule has 172 valence electrons. The van der Waals surface area contributed by atoms with Crippen LogP contribution in [0.25, 0.3) is 33.1 Å². The van der Waals surface area contributed by atoms with Crippen LogP contribution in [0.3, 0.4) is 0 Å². The Hall–Kier alpha value is -2.61. The van der Waals surface area contributed by atoms with E-state index >= 15 is 0 Å². The Balaban J connectivity index is 0.00000228. The van der Waals surface area contributed by atoms with Gasteiger partial charge in [-0.05, 0) is 31.7 Å². The Labute approximate surface area is 202 Å². The van der Waals surface area contributed by atoms with Crippen molar-refractivity contribution < 1.29 is 0 Å². The molecule has 0 aliphatic carbocycles. The molecule has 1 aromatic carbocycles. The summed E-state index contributed by atoms with van der Waals surface area (Å²) in [6.07, 6.45) is 5.76. The number of pyridine rings is 1. The first kappa shape index (κ1) is 22.2. The van der Waals surface area contributed by atoms with E-state index in [-0.39, 0.29) is 30.0 Å². The molecule has 3 aromatic heterocycles. The van der Waals surface area contributed by atoms with Crippen molar-refractivity contribution in [1.29, 1.82) is 0 Å². The molecule has 7 nitrogen and oxygen atoms in total. The maximum Gasteiger partial charge on any atom is 0.264 e. The summed E-state index contributed by atoms with van der Waals surface area (Å²) < 4.78 is 1.66. The minimum absolute atomic E-state index is 0. The van der Waals surface area contributed by atoms with Gasteiger partial charge in [-0.2, -0.15) is 4.98 Å². The SMILES string of the molecule is CCc1ccc2ccc(-c3c[nH]c4nc(N5[C@H]6CC[C@@H]5[C@H](N)C6)n(C)c(=O)c34)c(Cl)c2n1.Cl. The maximum absolute atomic E-state index is 13.5. The predicted octanol–water partition coefficient (Wildman–Crippen LogP) is 4.18. The van der Waals surface area contributed by atoms with Gasteiger partial charge >= 0.3 is 0 Å². The van der Waals surface area contributed by atoms with E-state index in [0.29, 0.717) is 28.0 Å². The minimum atomic E-state index is -0.0902. The van der Waals surface area contributed by atoms with E-state index in [4.69, 9.17) is 27.3 Å². The molecule has 2 saturated heterocycles. The van der Waals surface area contributed by atoms with Crippen LogP contribution in [0.4, 0.5) is 5.95 Å². The van der Waals surface area contributed by atoms with E-state index in [9.17, 15) is 4.79 Å². The van der Waals surface area contributed by atoms with Crippen molar-refractivity contribution in [1.82, 2.24) is 19.5 Å². The fourth-order valence-corrected chi connectivity index (χ4v) is 5.86. The number of rotatable bonds is 3. The number of fused-ring (bicyclic) bond motifs is 4. The number of hydrogen-bond acceptors (Lipinski definition) is 5. The lowest BCUT2D eigenvalue weighted by atomic mass is 9.97. The first-order chi connectivity index (χ1) is 15.5. The van der Waals surface area contributed by atoms with E-state index < -0.39 is 0 Å². The summed E-state index contributed by atoms with van der Waals surface area (Å²) in [5.41, 5.74) is 10.1. The Morgan fingerprint density at radius 1 is 1.18 bits per heavy atom. The minimum Gasteiger partial charge on any atom is -0.345 e. The molecule has 6 rings (SSSR count). The lowest BCUT2D eigenvalue weighted by Gasteiger charge is -2.25. The van der Waals surface area contributed by atoms with Crippen LogP contribution in [0.5, 0.6) is 0 Å². The molecular weight excluding hydrogens is 459 g/mol. The monoisotopic (exact) mass is 484 g/mol. The standard InChI is InChI=1S/C24H25ClN6O.ClH/c1-3-13-6-4-12-5-8-15(20(25)21(12)28-13)16-11-27-22-19(16)23(32)30(2)24(29-22)31-14-7-9-18(31)17(26)10-14;/h4-6,8,11,14,17-18,27H,3,7,9-10,26H2,1-2H3;1H/t14-,17+,18+;/m0./s1.